The van der Waals surface area contributed by atoms with Crippen LogP contribution in [0.2, 0.25) is 0 Å². The predicted octanol–water partition coefficient (Wildman–Crippen LogP) is 7.03. The summed E-state index contributed by atoms with van der Waals surface area (Å²) < 4.78 is 54.5. The maximum absolute atomic E-state index is 13.0. The second-order valence-corrected chi connectivity index (χ2v) is 11.0. The summed E-state index contributed by atoms with van der Waals surface area (Å²) in [4.78, 5) is 37.5. The zero-order valence-electron chi connectivity index (χ0n) is 24.9. The molecule has 1 aromatic heterocycles. The van der Waals surface area contributed by atoms with Crippen molar-refractivity contribution in [2.24, 2.45) is 0 Å². The first-order valence-electron chi connectivity index (χ1n) is 13.3. The lowest BCUT2D eigenvalue weighted by atomic mass is 10.0. The Hall–Kier alpha value is -4.22. The number of rotatable bonds is 7. The molecule has 2 N–H and O–H groups in total. The van der Waals surface area contributed by atoms with Gasteiger partial charge in [0.05, 0.1) is 5.52 Å². The molecule has 9 nitrogen and oxygen atoms in total. The Kier molecular flexibility index (Phi) is 10.7. The van der Waals surface area contributed by atoms with Gasteiger partial charge in [-0.2, -0.15) is 0 Å². The number of benzene rings is 2. The van der Waals surface area contributed by atoms with Crippen LogP contribution in [0.4, 0.5) is 18.0 Å². The van der Waals surface area contributed by atoms with Gasteiger partial charge in [-0.25, -0.2) is 14.4 Å². The number of carbonyl (C=O) groups excluding carboxylic acids is 2. The third-order valence-electron chi connectivity index (χ3n) is 5.22. The number of halogens is 3. The molecular formula is C30H37F3N2O7. The Bertz CT molecular complexity index is 1420. The van der Waals surface area contributed by atoms with Crippen molar-refractivity contribution in [2.45, 2.75) is 85.4 Å². The molecule has 1 heterocycles. The van der Waals surface area contributed by atoms with E-state index in [1.165, 1.54) is 16.7 Å². The molecule has 1 amide bonds. The van der Waals surface area contributed by atoms with Gasteiger partial charge >= 0.3 is 24.4 Å². The molecule has 0 saturated heterocycles. The number of carboxylic acids is 1. The second kappa shape index (κ2) is 13.2. The summed E-state index contributed by atoms with van der Waals surface area (Å²) in [6.07, 6.45) is -5.81. The Balaban J connectivity index is 0.00000301. The van der Waals surface area contributed by atoms with E-state index in [1.54, 1.807) is 65.8 Å². The van der Waals surface area contributed by atoms with Gasteiger partial charge in [-0.05, 0) is 77.4 Å². The van der Waals surface area contributed by atoms with Gasteiger partial charge in [0.25, 0.3) is 0 Å². The van der Waals surface area contributed by atoms with Crippen LogP contribution in [0.5, 0.6) is 5.75 Å². The average molecular weight is 595 g/mol. The molecule has 42 heavy (non-hydrogen) atoms. The summed E-state index contributed by atoms with van der Waals surface area (Å²) in [7, 11) is 0. The summed E-state index contributed by atoms with van der Waals surface area (Å²) in [5.41, 5.74) is -0.901. The molecule has 1 unspecified atom stereocenters. The summed E-state index contributed by atoms with van der Waals surface area (Å²) in [6, 6.07) is 10.1. The zero-order chi connectivity index (χ0) is 32.0. The molecule has 0 aliphatic heterocycles. The number of ether oxygens (including phenoxy) is 3. The minimum atomic E-state index is -4.93. The number of hydrogen-bond acceptors (Lipinski definition) is 6. The van der Waals surface area contributed by atoms with Crippen LogP contribution in [0.15, 0.2) is 48.5 Å². The zero-order valence-corrected chi connectivity index (χ0v) is 24.9. The van der Waals surface area contributed by atoms with Crippen molar-refractivity contribution in [3.8, 4) is 11.4 Å². The van der Waals surface area contributed by atoms with E-state index in [-0.39, 0.29) is 17.6 Å². The number of fused-ring (bicyclic) bond motifs is 1. The molecule has 2 aromatic carbocycles. The monoisotopic (exact) mass is 594 g/mol. The van der Waals surface area contributed by atoms with Crippen molar-refractivity contribution >= 4 is 28.9 Å². The number of aromatic carboxylic acids is 1. The summed E-state index contributed by atoms with van der Waals surface area (Å²) in [6.45, 7) is 14.0. The van der Waals surface area contributed by atoms with E-state index in [9.17, 15) is 32.7 Å². The van der Waals surface area contributed by atoms with Crippen LogP contribution in [0, 0.1) is 0 Å². The first kappa shape index (κ1) is 34.0. The van der Waals surface area contributed by atoms with Gasteiger partial charge in [0.1, 0.15) is 28.7 Å². The minimum Gasteiger partial charge on any atom is -0.477 e. The molecule has 12 heteroatoms. The van der Waals surface area contributed by atoms with Crippen LogP contribution in [0.1, 0.15) is 71.4 Å². The van der Waals surface area contributed by atoms with E-state index in [0.29, 0.717) is 16.6 Å². The number of aromatic nitrogens is 1. The summed E-state index contributed by atoms with van der Waals surface area (Å²) in [5, 5.41) is 12.7. The third kappa shape index (κ3) is 10.0. The lowest BCUT2D eigenvalue weighted by Crippen LogP contribution is -2.47. The molecule has 0 saturated carbocycles. The fraction of sp³-hybridized carbons (Fsp3) is 0.433. The molecule has 3 rings (SSSR count). The highest BCUT2D eigenvalue weighted by atomic mass is 19.4. The molecule has 0 aliphatic rings. The maximum Gasteiger partial charge on any atom is 0.573 e. The number of carboxylic acid groups (broad SMARTS) is 1. The average Bonchev–Trinajstić information content (AvgIpc) is 3.21. The molecular weight excluding hydrogens is 557 g/mol. The number of carbonyl (C=O) groups is 3. The van der Waals surface area contributed by atoms with Crippen molar-refractivity contribution in [3.05, 3.63) is 59.8 Å². The first-order valence-corrected chi connectivity index (χ1v) is 13.3. The third-order valence-corrected chi connectivity index (χ3v) is 5.22. The van der Waals surface area contributed by atoms with Crippen LogP contribution in [-0.2, 0) is 20.7 Å². The lowest BCUT2D eigenvalue weighted by Gasteiger charge is -2.26. The largest absolute Gasteiger partial charge is 0.573 e. The van der Waals surface area contributed by atoms with Gasteiger partial charge in [-0.3, -0.25) is 0 Å². The predicted molar refractivity (Wildman–Crippen MR) is 151 cm³/mol. The fourth-order valence-corrected chi connectivity index (χ4v) is 3.89. The number of nitrogens with one attached hydrogen (secondary N) is 1. The minimum absolute atomic E-state index is 0.0496. The molecule has 0 bridgehead atoms. The molecule has 3 aromatic rings. The van der Waals surface area contributed by atoms with E-state index in [4.69, 9.17) is 9.47 Å². The van der Waals surface area contributed by atoms with Crippen molar-refractivity contribution < 1.29 is 46.9 Å². The van der Waals surface area contributed by atoms with Crippen molar-refractivity contribution in [2.75, 3.05) is 0 Å². The van der Waals surface area contributed by atoms with E-state index in [2.05, 4.69) is 10.1 Å². The SMILES string of the molecule is CC.CC(C)(C)OC(=O)NC(Cc1cccc(-n2c(C(=O)O)cc3ccc(OC(F)(F)F)cc32)c1)C(=O)OC(C)(C)C. The van der Waals surface area contributed by atoms with Crippen LogP contribution in [-0.4, -0.2) is 51.3 Å². The van der Waals surface area contributed by atoms with Crippen LogP contribution in [0.25, 0.3) is 16.6 Å². The maximum atomic E-state index is 13.0. The molecule has 230 valence electrons. The van der Waals surface area contributed by atoms with Gasteiger partial charge in [-0.15, -0.1) is 13.2 Å². The van der Waals surface area contributed by atoms with Gasteiger partial charge in [0, 0.05) is 23.6 Å². The van der Waals surface area contributed by atoms with Gasteiger partial charge in [-0.1, -0.05) is 26.0 Å². The van der Waals surface area contributed by atoms with E-state index in [0.717, 1.165) is 12.1 Å². The Morgan fingerprint density at radius 1 is 0.905 bits per heavy atom. The Morgan fingerprint density at radius 3 is 2.07 bits per heavy atom. The van der Waals surface area contributed by atoms with Crippen LogP contribution < -0.4 is 10.1 Å². The van der Waals surface area contributed by atoms with Crippen molar-refractivity contribution in [1.82, 2.24) is 9.88 Å². The van der Waals surface area contributed by atoms with E-state index in [1.807, 2.05) is 13.8 Å². The quantitative estimate of drug-likeness (QED) is 0.282. The normalized spacial score (nSPS) is 12.5. The topological polar surface area (TPSA) is 116 Å². The molecule has 0 radical (unpaired) electrons. The molecule has 0 aliphatic carbocycles. The number of esters is 1. The fourth-order valence-electron chi connectivity index (χ4n) is 3.89. The van der Waals surface area contributed by atoms with Gasteiger partial charge in [0.15, 0.2) is 0 Å². The first-order chi connectivity index (χ1) is 19.3. The molecule has 0 fully saturated rings. The van der Waals surface area contributed by atoms with Crippen LogP contribution in [0.3, 0.4) is 0 Å². The van der Waals surface area contributed by atoms with E-state index < -0.39 is 47.4 Å². The van der Waals surface area contributed by atoms with Crippen molar-refractivity contribution in [3.63, 3.8) is 0 Å². The Morgan fingerprint density at radius 2 is 1.52 bits per heavy atom. The summed E-state index contributed by atoms with van der Waals surface area (Å²) in [5.74, 6) is -2.53. The standard InChI is InChI=1S/C28H31F3N2O7.C2H6/c1-26(2,3)39-24(36)20(32-25(37)40-27(4,5)6)13-16-8-7-9-18(12-16)33-21-15-19(38-28(29,30)31)11-10-17(21)14-22(33)23(34)35;1-2/h7-12,14-15,20H,13H2,1-6H3,(H,32,37)(H,34,35);1-2H3. The van der Waals surface area contributed by atoms with E-state index >= 15 is 0 Å². The molecule has 0 spiro atoms. The number of alkyl carbamates (subject to hydrolysis) is 1. The second-order valence-electron chi connectivity index (χ2n) is 11.0. The van der Waals surface area contributed by atoms with Gasteiger partial charge < -0.3 is 29.2 Å². The Labute approximate surface area is 242 Å². The van der Waals surface area contributed by atoms with Gasteiger partial charge in [0.2, 0.25) is 0 Å². The highest BCUT2D eigenvalue weighted by molar-refractivity contribution is 5.96. The van der Waals surface area contributed by atoms with Crippen LogP contribution >= 0.6 is 0 Å². The molecule has 1 atom stereocenters. The van der Waals surface area contributed by atoms with Crippen molar-refractivity contribution in [1.29, 1.82) is 0 Å². The number of hydrogen-bond donors (Lipinski definition) is 2. The summed E-state index contributed by atoms with van der Waals surface area (Å²) >= 11 is 0. The smallest absolute Gasteiger partial charge is 0.477 e. The number of amides is 1. The highest BCUT2D eigenvalue weighted by Crippen LogP contribution is 2.31. The number of alkyl halides is 3. The lowest BCUT2D eigenvalue weighted by molar-refractivity contribution is -0.274. The number of nitrogens with zero attached hydrogens (tertiary/aromatic N) is 1. The highest BCUT2D eigenvalue weighted by Gasteiger charge is 2.32.